The highest BCUT2D eigenvalue weighted by Gasteiger charge is 2.22. The highest BCUT2D eigenvalue weighted by atomic mass is 16.6. The Kier molecular flexibility index (Phi) is 5.05. The molecule has 3 heterocycles. The molecular weight excluding hydrogens is 390 g/mol. The van der Waals surface area contributed by atoms with E-state index < -0.39 is 10.5 Å². The number of benzene rings is 1. The van der Waals surface area contributed by atoms with Gasteiger partial charge in [0.05, 0.1) is 5.69 Å². The Morgan fingerprint density at radius 1 is 1.17 bits per heavy atom. The lowest BCUT2D eigenvalue weighted by Gasteiger charge is -2.35. The summed E-state index contributed by atoms with van der Waals surface area (Å²) >= 11 is 0. The minimum atomic E-state index is -0.536. The number of hydrogen-bond donors (Lipinski definition) is 1. The first kappa shape index (κ1) is 19.4. The van der Waals surface area contributed by atoms with Crippen LogP contribution in [0, 0.1) is 17.0 Å². The number of rotatable bonds is 3. The van der Waals surface area contributed by atoms with Crippen LogP contribution in [-0.2, 0) is 0 Å². The number of urea groups is 1. The number of fused-ring (bicyclic) bond motifs is 1. The normalized spacial score (nSPS) is 14.0. The Hall–Kier alpha value is -3.95. The van der Waals surface area contributed by atoms with Crippen LogP contribution in [-0.4, -0.2) is 47.0 Å². The van der Waals surface area contributed by atoms with Crippen LogP contribution in [0.4, 0.5) is 22.0 Å². The SMILES string of the molecule is Cc1cc(=O)oc2cc(NC(=O)N3CCN(c4ccc([N+](=O)[O-])nc4)CC3)ccc12. The molecule has 0 aliphatic carbocycles. The molecule has 1 aliphatic rings. The van der Waals surface area contributed by atoms with E-state index in [1.165, 1.54) is 18.3 Å². The molecule has 1 aromatic carbocycles. The number of pyridine rings is 1. The molecule has 4 rings (SSSR count). The second-order valence-electron chi connectivity index (χ2n) is 7.00. The number of anilines is 2. The van der Waals surface area contributed by atoms with Crippen molar-refractivity contribution in [3.63, 3.8) is 0 Å². The Bertz CT molecular complexity index is 1170. The molecule has 0 saturated carbocycles. The number of piperazine rings is 1. The Morgan fingerprint density at radius 3 is 2.60 bits per heavy atom. The molecule has 1 N–H and O–H groups in total. The van der Waals surface area contributed by atoms with Gasteiger partial charge in [-0.15, -0.1) is 0 Å². The molecule has 1 aliphatic heterocycles. The van der Waals surface area contributed by atoms with Gasteiger partial charge in [0.2, 0.25) is 0 Å². The summed E-state index contributed by atoms with van der Waals surface area (Å²) in [5.74, 6) is -0.196. The molecule has 1 fully saturated rings. The summed E-state index contributed by atoms with van der Waals surface area (Å²) in [6, 6.07) is 9.43. The summed E-state index contributed by atoms with van der Waals surface area (Å²) in [6.07, 6.45) is 1.47. The summed E-state index contributed by atoms with van der Waals surface area (Å²) in [4.78, 5) is 41.9. The summed E-state index contributed by atoms with van der Waals surface area (Å²) in [7, 11) is 0. The molecule has 0 atom stereocenters. The molecule has 0 unspecified atom stereocenters. The van der Waals surface area contributed by atoms with Crippen LogP contribution in [0.1, 0.15) is 5.56 Å². The van der Waals surface area contributed by atoms with Crippen molar-refractivity contribution in [3.05, 3.63) is 68.7 Å². The molecule has 10 nitrogen and oxygen atoms in total. The van der Waals surface area contributed by atoms with Crippen molar-refractivity contribution in [2.45, 2.75) is 6.92 Å². The van der Waals surface area contributed by atoms with Crippen LogP contribution in [0.15, 0.2) is 51.8 Å². The van der Waals surface area contributed by atoms with Gasteiger partial charge in [-0.05, 0) is 40.6 Å². The van der Waals surface area contributed by atoms with Gasteiger partial charge >= 0.3 is 17.5 Å². The van der Waals surface area contributed by atoms with Crippen molar-refractivity contribution in [3.8, 4) is 0 Å². The number of hydrogen-bond acceptors (Lipinski definition) is 7. The van der Waals surface area contributed by atoms with Gasteiger partial charge < -0.3 is 29.6 Å². The first-order chi connectivity index (χ1) is 14.4. The van der Waals surface area contributed by atoms with Crippen molar-refractivity contribution >= 4 is 34.2 Å². The molecule has 10 heteroatoms. The fourth-order valence-electron chi connectivity index (χ4n) is 3.45. The molecule has 2 aromatic heterocycles. The molecule has 0 radical (unpaired) electrons. The third-order valence-electron chi connectivity index (χ3n) is 5.05. The number of aromatic nitrogens is 1. The van der Waals surface area contributed by atoms with E-state index in [2.05, 4.69) is 10.3 Å². The Morgan fingerprint density at radius 2 is 1.93 bits per heavy atom. The summed E-state index contributed by atoms with van der Waals surface area (Å²) in [6.45, 7) is 3.98. The fraction of sp³-hybridized carbons (Fsp3) is 0.250. The van der Waals surface area contributed by atoms with Gasteiger partial charge in [-0.25, -0.2) is 9.59 Å². The van der Waals surface area contributed by atoms with Crippen molar-refractivity contribution in [1.82, 2.24) is 9.88 Å². The first-order valence-corrected chi connectivity index (χ1v) is 9.36. The van der Waals surface area contributed by atoms with E-state index in [-0.39, 0.29) is 11.8 Å². The average molecular weight is 409 g/mol. The largest absolute Gasteiger partial charge is 0.423 e. The van der Waals surface area contributed by atoms with Crippen LogP contribution in [0.25, 0.3) is 11.0 Å². The number of carbonyl (C=O) groups excluding carboxylic acids is 1. The predicted molar refractivity (Wildman–Crippen MR) is 111 cm³/mol. The van der Waals surface area contributed by atoms with Gasteiger partial charge in [0.25, 0.3) is 0 Å². The van der Waals surface area contributed by atoms with Gasteiger partial charge in [0, 0.05) is 55.5 Å². The van der Waals surface area contributed by atoms with Crippen LogP contribution in [0.2, 0.25) is 0 Å². The number of carbonyl (C=O) groups is 1. The maximum Gasteiger partial charge on any atom is 0.363 e. The standard InChI is InChI=1S/C20H19N5O5/c1-13-10-19(26)30-17-11-14(2-4-16(13)17)22-20(27)24-8-6-23(7-9-24)15-3-5-18(21-12-15)25(28)29/h2-5,10-12H,6-9H2,1H3,(H,22,27). The van der Waals surface area contributed by atoms with Gasteiger partial charge in [0.1, 0.15) is 5.58 Å². The van der Waals surface area contributed by atoms with Crippen LogP contribution in [0.5, 0.6) is 0 Å². The molecule has 0 bridgehead atoms. The number of aryl methyl sites for hydroxylation is 1. The molecule has 3 aromatic rings. The average Bonchev–Trinajstić information content (AvgIpc) is 2.73. The van der Waals surface area contributed by atoms with E-state index in [0.29, 0.717) is 37.4 Å². The molecule has 1 saturated heterocycles. The van der Waals surface area contributed by atoms with Crippen LogP contribution >= 0.6 is 0 Å². The lowest BCUT2D eigenvalue weighted by molar-refractivity contribution is -0.389. The number of nitro groups is 1. The van der Waals surface area contributed by atoms with Gasteiger partial charge in [-0.1, -0.05) is 0 Å². The molecule has 154 valence electrons. The maximum absolute atomic E-state index is 12.6. The highest BCUT2D eigenvalue weighted by molar-refractivity contribution is 5.92. The minimum absolute atomic E-state index is 0.196. The Labute approximate surface area is 170 Å². The molecule has 2 amide bonds. The first-order valence-electron chi connectivity index (χ1n) is 9.36. The van der Waals surface area contributed by atoms with E-state index in [1.54, 1.807) is 23.1 Å². The summed E-state index contributed by atoms with van der Waals surface area (Å²) < 4.78 is 5.22. The number of amides is 2. The van der Waals surface area contributed by atoms with Crippen molar-refractivity contribution in [2.24, 2.45) is 0 Å². The van der Waals surface area contributed by atoms with Crippen molar-refractivity contribution in [2.75, 3.05) is 36.4 Å². The number of nitrogens with zero attached hydrogens (tertiary/aromatic N) is 4. The van der Waals surface area contributed by atoms with E-state index in [0.717, 1.165) is 16.6 Å². The quantitative estimate of drug-likeness (QED) is 0.401. The topological polar surface area (TPSA) is 122 Å². The lowest BCUT2D eigenvalue weighted by atomic mass is 10.1. The predicted octanol–water partition coefficient (Wildman–Crippen LogP) is 2.76. The fourth-order valence-corrected chi connectivity index (χ4v) is 3.45. The highest BCUT2D eigenvalue weighted by Crippen LogP contribution is 2.22. The third-order valence-corrected chi connectivity index (χ3v) is 5.05. The van der Waals surface area contributed by atoms with Gasteiger partial charge in [0.15, 0.2) is 6.20 Å². The zero-order chi connectivity index (χ0) is 21.3. The maximum atomic E-state index is 12.6. The second-order valence-corrected chi connectivity index (χ2v) is 7.00. The monoisotopic (exact) mass is 409 g/mol. The van der Waals surface area contributed by atoms with E-state index in [4.69, 9.17) is 4.42 Å². The van der Waals surface area contributed by atoms with Crippen molar-refractivity contribution < 1.29 is 14.1 Å². The van der Waals surface area contributed by atoms with Crippen LogP contribution < -0.4 is 15.8 Å². The third kappa shape index (κ3) is 3.93. The molecular formula is C20H19N5O5. The van der Waals surface area contributed by atoms with Gasteiger partial charge in [-0.3, -0.25) is 0 Å². The van der Waals surface area contributed by atoms with Crippen molar-refractivity contribution in [1.29, 1.82) is 0 Å². The minimum Gasteiger partial charge on any atom is -0.423 e. The summed E-state index contributed by atoms with van der Waals surface area (Å²) in [5, 5.41) is 14.4. The molecule has 30 heavy (non-hydrogen) atoms. The molecule has 0 spiro atoms. The lowest BCUT2D eigenvalue weighted by Crippen LogP contribution is -2.50. The van der Waals surface area contributed by atoms with Crippen LogP contribution in [0.3, 0.4) is 0 Å². The van der Waals surface area contributed by atoms with Gasteiger partial charge in [-0.2, -0.15) is 0 Å². The second kappa shape index (κ2) is 7.82. The summed E-state index contributed by atoms with van der Waals surface area (Å²) in [5.41, 5.74) is 2.13. The zero-order valence-electron chi connectivity index (χ0n) is 16.2. The van der Waals surface area contributed by atoms with E-state index in [1.807, 2.05) is 17.9 Å². The van der Waals surface area contributed by atoms with E-state index in [9.17, 15) is 19.7 Å². The zero-order valence-corrected chi connectivity index (χ0v) is 16.2. The number of nitrogens with one attached hydrogen (secondary N) is 1. The smallest absolute Gasteiger partial charge is 0.363 e. The Balaban J connectivity index is 1.39. The van der Waals surface area contributed by atoms with E-state index >= 15 is 0 Å².